The quantitative estimate of drug-likeness (QED) is 0.830. The maximum absolute atomic E-state index is 13.1. The van der Waals surface area contributed by atoms with Gasteiger partial charge in [0.2, 0.25) is 15.9 Å². The molecule has 4 rings (SSSR count). The summed E-state index contributed by atoms with van der Waals surface area (Å²) in [5, 5.41) is 0. The highest BCUT2D eigenvalue weighted by atomic mass is 32.2. The van der Waals surface area contributed by atoms with Crippen LogP contribution in [0, 0.1) is 22.7 Å². The van der Waals surface area contributed by atoms with Crippen LogP contribution in [-0.4, -0.2) is 30.4 Å². The van der Waals surface area contributed by atoms with Gasteiger partial charge in [-0.2, -0.15) is 0 Å². The predicted octanol–water partition coefficient (Wildman–Crippen LogP) is 3.23. The van der Waals surface area contributed by atoms with E-state index in [4.69, 9.17) is 0 Å². The molecule has 136 valence electrons. The van der Waals surface area contributed by atoms with Gasteiger partial charge in [0.1, 0.15) is 0 Å². The number of amides is 1. The van der Waals surface area contributed by atoms with Gasteiger partial charge in [0.15, 0.2) is 0 Å². The molecule has 0 radical (unpaired) electrons. The molecule has 1 aliphatic heterocycles. The molecule has 2 saturated carbocycles. The zero-order valence-electron chi connectivity index (χ0n) is 15.2. The van der Waals surface area contributed by atoms with E-state index in [0.717, 1.165) is 24.8 Å². The number of hydrogen-bond donors (Lipinski definition) is 0. The normalized spacial score (nSPS) is 35.6. The molecule has 5 heteroatoms. The van der Waals surface area contributed by atoms with Gasteiger partial charge in [-0.05, 0) is 42.6 Å². The minimum absolute atomic E-state index is 0.00242. The first-order valence-corrected chi connectivity index (χ1v) is 10.9. The minimum Gasteiger partial charge on any atom is -0.273 e. The van der Waals surface area contributed by atoms with Gasteiger partial charge in [0.05, 0.1) is 11.8 Å². The Morgan fingerprint density at radius 2 is 1.96 bits per heavy atom. The maximum atomic E-state index is 13.1. The summed E-state index contributed by atoms with van der Waals surface area (Å²) in [6.45, 7) is 6.28. The van der Waals surface area contributed by atoms with Crippen molar-refractivity contribution >= 4 is 15.9 Å². The molecular weight excluding hydrogens is 334 g/mol. The Balaban J connectivity index is 1.63. The standard InChI is InChI=1S/C20H27NO3S/c1-14(11-15-7-5-4-6-8-15)18(22)21-17-12-16-9-10-20(17,19(16,2)3)13-25(21,23)24/h4-8,14,16-17H,9-13H2,1-3H3/t14-,16-,17-,20-/m1/s1. The number of fused-ring (bicyclic) bond motifs is 1. The zero-order valence-corrected chi connectivity index (χ0v) is 16.1. The van der Waals surface area contributed by atoms with Crippen LogP contribution in [0.2, 0.25) is 0 Å². The topological polar surface area (TPSA) is 54.5 Å². The third-order valence-corrected chi connectivity index (χ3v) is 9.35. The summed E-state index contributed by atoms with van der Waals surface area (Å²) >= 11 is 0. The van der Waals surface area contributed by atoms with E-state index >= 15 is 0 Å². The van der Waals surface area contributed by atoms with Crippen LogP contribution in [-0.2, 0) is 21.2 Å². The van der Waals surface area contributed by atoms with Crippen molar-refractivity contribution in [2.24, 2.45) is 22.7 Å². The highest BCUT2D eigenvalue weighted by Crippen LogP contribution is 2.70. The third-order valence-electron chi connectivity index (χ3n) is 7.43. The molecule has 4 atom stereocenters. The molecule has 0 unspecified atom stereocenters. The summed E-state index contributed by atoms with van der Waals surface area (Å²) in [6, 6.07) is 9.70. The van der Waals surface area contributed by atoms with Crippen molar-refractivity contribution in [2.45, 2.75) is 52.5 Å². The average Bonchev–Trinajstić information content (AvgIpc) is 3.02. The molecule has 1 spiro atoms. The van der Waals surface area contributed by atoms with Crippen LogP contribution < -0.4 is 0 Å². The zero-order chi connectivity index (χ0) is 18.0. The lowest BCUT2D eigenvalue weighted by molar-refractivity contribution is -0.132. The van der Waals surface area contributed by atoms with E-state index in [-0.39, 0.29) is 34.4 Å². The van der Waals surface area contributed by atoms with E-state index in [1.807, 2.05) is 37.3 Å². The first kappa shape index (κ1) is 17.1. The molecule has 1 heterocycles. The summed E-state index contributed by atoms with van der Waals surface area (Å²) in [5.74, 6) is 0.147. The fraction of sp³-hybridized carbons (Fsp3) is 0.650. The molecular formula is C20H27NO3S. The van der Waals surface area contributed by atoms with Gasteiger partial charge < -0.3 is 0 Å². The number of benzene rings is 1. The van der Waals surface area contributed by atoms with E-state index in [9.17, 15) is 13.2 Å². The number of carbonyl (C=O) groups is 1. The van der Waals surface area contributed by atoms with Crippen LogP contribution in [0.4, 0.5) is 0 Å². The van der Waals surface area contributed by atoms with Crippen LogP contribution >= 0.6 is 0 Å². The third kappa shape index (κ3) is 2.24. The first-order chi connectivity index (χ1) is 11.7. The SMILES string of the molecule is C[C@H](Cc1ccccc1)C(=O)N1[C@@H]2C[C@H]3CC[C@]2(CS1(=O)=O)C3(C)C. The second-order valence-electron chi connectivity index (χ2n) is 8.85. The van der Waals surface area contributed by atoms with E-state index in [2.05, 4.69) is 13.8 Å². The Hall–Kier alpha value is -1.36. The predicted molar refractivity (Wildman–Crippen MR) is 97.3 cm³/mol. The Kier molecular flexibility index (Phi) is 3.63. The van der Waals surface area contributed by atoms with Gasteiger partial charge in [0.25, 0.3) is 0 Å². The molecule has 25 heavy (non-hydrogen) atoms. The Morgan fingerprint density at radius 1 is 1.28 bits per heavy atom. The Morgan fingerprint density at radius 3 is 2.60 bits per heavy atom. The first-order valence-electron chi connectivity index (χ1n) is 9.29. The summed E-state index contributed by atoms with van der Waals surface area (Å²) in [6.07, 6.45) is 3.46. The van der Waals surface area contributed by atoms with Crippen LogP contribution in [0.25, 0.3) is 0 Å². The Bertz CT molecular complexity index is 801. The molecule has 2 bridgehead atoms. The molecule has 0 aromatic heterocycles. The molecule has 1 aromatic carbocycles. The van der Waals surface area contributed by atoms with Gasteiger partial charge in [-0.15, -0.1) is 0 Å². The molecule has 1 aromatic rings. The largest absolute Gasteiger partial charge is 0.273 e. The number of sulfonamides is 1. The van der Waals surface area contributed by atoms with Crippen molar-refractivity contribution in [3.05, 3.63) is 35.9 Å². The Labute approximate surface area is 150 Å². The lowest BCUT2D eigenvalue weighted by atomic mass is 9.69. The second-order valence-corrected chi connectivity index (χ2v) is 10.7. The van der Waals surface area contributed by atoms with Gasteiger partial charge in [-0.25, -0.2) is 12.7 Å². The fourth-order valence-corrected chi connectivity index (χ4v) is 8.48. The van der Waals surface area contributed by atoms with Crippen LogP contribution in [0.3, 0.4) is 0 Å². The molecule has 4 nitrogen and oxygen atoms in total. The molecule has 3 fully saturated rings. The summed E-state index contributed by atoms with van der Waals surface area (Å²) in [7, 11) is -3.51. The van der Waals surface area contributed by atoms with E-state index < -0.39 is 10.0 Å². The lowest BCUT2D eigenvalue weighted by Gasteiger charge is -2.37. The number of rotatable bonds is 3. The van der Waals surface area contributed by atoms with Crippen molar-refractivity contribution < 1.29 is 13.2 Å². The monoisotopic (exact) mass is 361 g/mol. The van der Waals surface area contributed by atoms with Crippen LogP contribution in [0.5, 0.6) is 0 Å². The molecule has 2 aliphatic carbocycles. The summed E-state index contributed by atoms with van der Waals surface area (Å²) in [5.41, 5.74) is 0.837. The van der Waals surface area contributed by atoms with Gasteiger partial charge in [-0.3, -0.25) is 4.79 Å². The van der Waals surface area contributed by atoms with Crippen molar-refractivity contribution in [3.8, 4) is 0 Å². The number of hydrogen-bond acceptors (Lipinski definition) is 3. The summed E-state index contributed by atoms with van der Waals surface area (Å²) in [4.78, 5) is 13.1. The number of nitrogens with zero attached hydrogens (tertiary/aromatic N) is 1. The smallest absolute Gasteiger partial charge is 0.239 e. The van der Waals surface area contributed by atoms with E-state index in [1.54, 1.807) is 0 Å². The summed E-state index contributed by atoms with van der Waals surface area (Å²) < 4.78 is 27.2. The van der Waals surface area contributed by atoms with E-state index in [0.29, 0.717) is 12.3 Å². The molecule has 3 aliphatic rings. The highest BCUT2D eigenvalue weighted by molar-refractivity contribution is 7.90. The lowest BCUT2D eigenvalue weighted by Crippen LogP contribution is -2.46. The fourth-order valence-electron chi connectivity index (χ4n) is 5.85. The van der Waals surface area contributed by atoms with Crippen molar-refractivity contribution in [1.29, 1.82) is 0 Å². The highest BCUT2D eigenvalue weighted by Gasteiger charge is 2.72. The number of carbonyl (C=O) groups excluding carboxylic acids is 1. The van der Waals surface area contributed by atoms with Gasteiger partial charge in [0, 0.05) is 11.3 Å². The molecule has 1 amide bonds. The minimum atomic E-state index is -3.51. The average molecular weight is 362 g/mol. The molecule has 0 N–H and O–H groups in total. The second kappa shape index (κ2) is 5.32. The van der Waals surface area contributed by atoms with Crippen molar-refractivity contribution in [1.82, 2.24) is 4.31 Å². The van der Waals surface area contributed by atoms with Crippen LogP contribution in [0.15, 0.2) is 30.3 Å². The van der Waals surface area contributed by atoms with Gasteiger partial charge >= 0.3 is 0 Å². The van der Waals surface area contributed by atoms with Crippen molar-refractivity contribution in [2.75, 3.05) is 5.75 Å². The van der Waals surface area contributed by atoms with Crippen LogP contribution in [0.1, 0.15) is 45.6 Å². The molecule has 1 saturated heterocycles. The maximum Gasteiger partial charge on any atom is 0.239 e. The van der Waals surface area contributed by atoms with Gasteiger partial charge in [-0.1, -0.05) is 51.1 Å². The van der Waals surface area contributed by atoms with Crippen molar-refractivity contribution in [3.63, 3.8) is 0 Å². The van der Waals surface area contributed by atoms with E-state index in [1.165, 1.54) is 4.31 Å².